The van der Waals surface area contributed by atoms with E-state index < -0.39 is 18.0 Å². The Labute approximate surface area is 226 Å². The van der Waals surface area contributed by atoms with E-state index >= 15 is 0 Å². The standard InChI is InChI=1S/C27H35N5O5S/c1-4-22-25(38-17-29-22)20-7-5-19(6-8-20)14-28-26(35)23-13-21(33)15-32(23)27(36)18(2)31-10-9-30(11-12-37-3)16-24(31)34/h5-8,15,17-18,23,33H,4,9-14,16H2,1-3H3,(H,28,35)/t18-,23+/m1/s1. The lowest BCUT2D eigenvalue weighted by Crippen LogP contribution is -2.58. The molecule has 1 aromatic carbocycles. The highest BCUT2D eigenvalue weighted by atomic mass is 32.1. The number of hydrogen-bond acceptors (Lipinski definition) is 8. The number of rotatable bonds is 10. The highest BCUT2D eigenvalue weighted by Gasteiger charge is 2.39. The van der Waals surface area contributed by atoms with E-state index in [0.717, 1.165) is 28.1 Å². The molecule has 2 N–H and O–H groups in total. The zero-order valence-corrected chi connectivity index (χ0v) is 22.9. The molecule has 204 valence electrons. The summed E-state index contributed by atoms with van der Waals surface area (Å²) in [6, 6.07) is 6.33. The molecule has 1 fully saturated rings. The first-order valence-electron chi connectivity index (χ1n) is 12.8. The molecule has 4 rings (SSSR count). The SMILES string of the molecule is CCc1ncsc1-c1ccc(CNC(=O)[C@@H]2CC(O)=CN2C(=O)[C@@H](C)N2CCN(CCOC)CC2=O)cc1. The van der Waals surface area contributed by atoms with Crippen LogP contribution in [0.3, 0.4) is 0 Å². The van der Waals surface area contributed by atoms with E-state index in [2.05, 4.69) is 17.2 Å². The largest absolute Gasteiger partial charge is 0.511 e. The Kier molecular flexibility index (Phi) is 9.13. The fraction of sp³-hybridized carbons (Fsp3) is 0.481. The Morgan fingerprint density at radius 2 is 2.03 bits per heavy atom. The van der Waals surface area contributed by atoms with Crippen LogP contribution in [0.1, 0.15) is 31.5 Å². The third-order valence-corrected chi connectivity index (χ3v) is 7.93. The summed E-state index contributed by atoms with van der Waals surface area (Å²) in [4.78, 5) is 49.5. The fourth-order valence-electron chi connectivity index (χ4n) is 4.78. The van der Waals surface area contributed by atoms with Gasteiger partial charge in [-0.05, 0) is 24.5 Å². The maximum absolute atomic E-state index is 13.3. The number of thiazole rings is 1. The highest BCUT2D eigenvalue weighted by Crippen LogP contribution is 2.28. The normalized spacial score (nSPS) is 19.0. The van der Waals surface area contributed by atoms with Crippen LogP contribution in [0, 0.1) is 0 Å². The summed E-state index contributed by atoms with van der Waals surface area (Å²) in [6.07, 6.45) is 2.20. The molecule has 0 radical (unpaired) electrons. The number of aryl methyl sites for hydroxylation is 1. The Morgan fingerprint density at radius 1 is 1.26 bits per heavy atom. The van der Waals surface area contributed by atoms with Crippen LogP contribution in [0.25, 0.3) is 10.4 Å². The minimum Gasteiger partial charge on any atom is -0.511 e. The Bertz CT molecular complexity index is 1180. The molecule has 10 nitrogen and oxygen atoms in total. The summed E-state index contributed by atoms with van der Waals surface area (Å²) in [7, 11) is 1.62. The van der Waals surface area contributed by atoms with Crippen molar-refractivity contribution in [2.45, 2.75) is 45.3 Å². The van der Waals surface area contributed by atoms with Gasteiger partial charge in [-0.15, -0.1) is 11.3 Å². The molecule has 2 aliphatic heterocycles. The number of aliphatic hydroxyl groups excluding tert-OH is 1. The number of benzene rings is 1. The molecule has 1 saturated heterocycles. The first-order valence-corrected chi connectivity index (χ1v) is 13.7. The number of amides is 3. The lowest BCUT2D eigenvalue weighted by Gasteiger charge is -2.38. The van der Waals surface area contributed by atoms with E-state index in [1.807, 2.05) is 34.7 Å². The first kappa shape index (κ1) is 27.7. The minimum atomic E-state index is -0.869. The van der Waals surface area contributed by atoms with Gasteiger partial charge in [0.1, 0.15) is 17.8 Å². The molecule has 0 aliphatic carbocycles. The second-order valence-corrected chi connectivity index (χ2v) is 10.4. The second kappa shape index (κ2) is 12.5. The summed E-state index contributed by atoms with van der Waals surface area (Å²) >= 11 is 1.61. The van der Waals surface area contributed by atoms with Crippen LogP contribution in [0.2, 0.25) is 0 Å². The molecule has 2 atom stereocenters. The van der Waals surface area contributed by atoms with Crippen molar-refractivity contribution in [3.05, 3.63) is 53.0 Å². The average Bonchev–Trinajstić information content (AvgIpc) is 3.56. The lowest BCUT2D eigenvalue weighted by atomic mass is 10.1. The van der Waals surface area contributed by atoms with Gasteiger partial charge in [0.2, 0.25) is 17.7 Å². The van der Waals surface area contributed by atoms with Gasteiger partial charge in [0.15, 0.2) is 0 Å². The lowest BCUT2D eigenvalue weighted by molar-refractivity contribution is -0.149. The van der Waals surface area contributed by atoms with E-state index in [9.17, 15) is 19.5 Å². The number of methoxy groups -OCH3 is 1. The van der Waals surface area contributed by atoms with Crippen molar-refractivity contribution in [1.29, 1.82) is 0 Å². The van der Waals surface area contributed by atoms with E-state index in [1.54, 1.807) is 30.3 Å². The topological polar surface area (TPSA) is 115 Å². The number of ether oxygens (including phenoxy) is 1. The van der Waals surface area contributed by atoms with E-state index in [1.165, 1.54) is 11.1 Å². The molecule has 2 aromatic rings. The van der Waals surface area contributed by atoms with Crippen molar-refractivity contribution in [3.63, 3.8) is 0 Å². The number of nitrogens with zero attached hydrogens (tertiary/aromatic N) is 4. The molecule has 2 aliphatic rings. The molecule has 0 bridgehead atoms. The Balaban J connectivity index is 1.34. The second-order valence-electron chi connectivity index (χ2n) is 9.51. The zero-order valence-electron chi connectivity index (χ0n) is 22.1. The van der Waals surface area contributed by atoms with Crippen LogP contribution >= 0.6 is 11.3 Å². The number of piperazine rings is 1. The van der Waals surface area contributed by atoms with Crippen molar-refractivity contribution < 1.29 is 24.2 Å². The van der Waals surface area contributed by atoms with Crippen molar-refractivity contribution in [2.24, 2.45) is 0 Å². The fourth-order valence-corrected chi connectivity index (χ4v) is 5.67. The summed E-state index contributed by atoms with van der Waals surface area (Å²) < 4.78 is 5.08. The molecule has 0 spiro atoms. The van der Waals surface area contributed by atoms with Gasteiger partial charge < -0.3 is 25.0 Å². The van der Waals surface area contributed by atoms with Crippen LogP contribution in [-0.4, -0.2) is 94.5 Å². The maximum atomic E-state index is 13.3. The minimum absolute atomic E-state index is 0.0349. The molecular formula is C27H35N5O5S. The monoisotopic (exact) mass is 541 g/mol. The van der Waals surface area contributed by atoms with Crippen molar-refractivity contribution >= 4 is 29.1 Å². The number of carbonyl (C=O) groups excluding carboxylic acids is 3. The smallest absolute Gasteiger partial charge is 0.249 e. The summed E-state index contributed by atoms with van der Waals surface area (Å²) in [5, 5.41) is 13.1. The third kappa shape index (κ3) is 6.23. The third-order valence-electron chi connectivity index (χ3n) is 7.02. The van der Waals surface area contributed by atoms with Gasteiger partial charge in [-0.3, -0.25) is 19.3 Å². The zero-order chi connectivity index (χ0) is 27.2. The van der Waals surface area contributed by atoms with Crippen molar-refractivity contribution in [3.8, 4) is 10.4 Å². The molecular weight excluding hydrogens is 506 g/mol. The van der Waals surface area contributed by atoms with E-state index in [-0.39, 0.29) is 30.5 Å². The predicted octanol–water partition coefficient (Wildman–Crippen LogP) is 2.17. The number of aliphatic hydroxyl groups is 1. The van der Waals surface area contributed by atoms with Crippen molar-refractivity contribution in [1.82, 2.24) is 25.0 Å². The summed E-state index contributed by atoms with van der Waals surface area (Å²) in [6.45, 7) is 6.48. The van der Waals surface area contributed by atoms with Gasteiger partial charge in [-0.2, -0.15) is 0 Å². The van der Waals surface area contributed by atoms with Crippen LogP contribution < -0.4 is 5.32 Å². The average molecular weight is 542 g/mol. The number of carbonyl (C=O) groups is 3. The van der Waals surface area contributed by atoms with Gasteiger partial charge in [0.25, 0.3) is 0 Å². The van der Waals surface area contributed by atoms with Crippen molar-refractivity contribution in [2.75, 3.05) is 39.9 Å². The molecule has 11 heteroatoms. The van der Waals surface area contributed by atoms with Crippen LogP contribution in [0.15, 0.2) is 41.7 Å². The van der Waals surface area contributed by atoms with Gasteiger partial charge in [0.05, 0.1) is 29.2 Å². The van der Waals surface area contributed by atoms with Gasteiger partial charge in [0, 0.05) is 45.9 Å². The van der Waals surface area contributed by atoms with E-state index in [4.69, 9.17) is 4.74 Å². The van der Waals surface area contributed by atoms with Gasteiger partial charge >= 0.3 is 0 Å². The van der Waals surface area contributed by atoms with Crippen LogP contribution in [0.4, 0.5) is 0 Å². The number of hydrogen-bond donors (Lipinski definition) is 2. The highest BCUT2D eigenvalue weighted by molar-refractivity contribution is 7.13. The van der Waals surface area contributed by atoms with E-state index in [0.29, 0.717) is 32.8 Å². The van der Waals surface area contributed by atoms with Gasteiger partial charge in [-0.25, -0.2) is 4.98 Å². The van der Waals surface area contributed by atoms with Crippen LogP contribution in [0.5, 0.6) is 0 Å². The summed E-state index contributed by atoms with van der Waals surface area (Å²) in [5.74, 6) is -0.939. The Hall–Kier alpha value is -3.28. The Morgan fingerprint density at radius 3 is 2.71 bits per heavy atom. The molecule has 0 unspecified atom stereocenters. The van der Waals surface area contributed by atoms with Gasteiger partial charge in [-0.1, -0.05) is 31.2 Å². The first-order chi connectivity index (χ1) is 18.3. The molecule has 3 heterocycles. The van der Waals surface area contributed by atoms with Crippen LogP contribution in [-0.2, 0) is 32.1 Å². The quantitative estimate of drug-likeness (QED) is 0.474. The summed E-state index contributed by atoms with van der Waals surface area (Å²) in [5.41, 5.74) is 4.92. The molecule has 3 amide bonds. The number of aromatic nitrogens is 1. The predicted molar refractivity (Wildman–Crippen MR) is 144 cm³/mol. The maximum Gasteiger partial charge on any atom is 0.249 e. The molecule has 38 heavy (non-hydrogen) atoms. The number of nitrogens with one attached hydrogen (secondary N) is 1. The molecule has 0 saturated carbocycles. The molecule has 1 aromatic heterocycles.